The Bertz CT molecular complexity index is 425. The molecule has 0 bridgehead atoms. The maximum atomic E-state index is 11.9. The van der Waals surface area contributed by atoms with Gasteiger partial charge in [-0.3, -0.25) is 4.79 Å². The van der Waals surface area contributed by atoms with E-state index < -0.39 is 0 Å². The lowest BCUT2D eigenvalue weighted by Gasteiger charge is -2.12. The van der Waals surface area contributed by atoms with E-state index in [1.807, 2.05) is 13.8 Å². The molecule has 1 aromatic heterocycles. The van der Waals surface area contributed by atoms with Crippen LogP contribution in [-0.2, 0) is 16.0 Å². The minimum absolute atomic E-state index is 0.0262. The summed E-state index contributed by atoms with van der Waals surface area (Å²) in [5.41, 5.74) is 7.46. The summed E-state index contributed by atoms with van der Waals surface area (Å²) in [5, 5.41) is 6.77. The topological polar surface area (TPSA) is 90.4 Å². The van der Waals surface area contributed by atoms with Crippen molar-refractivity contribution in [2.24, 2.45) is 5.73 Å². The minimum atomic E-state index is -0.349. The molecule has 19 heavy (non-hydrogen) atoms. The Morgan fingerprint density at radius 2 is 2.26 bits per heavy atom. The summed E-state index contributed by atoms with van der Waals surface area (Å²) in [6, 6.07) is 0. The van der Waals surface area contributed by atoms with Crippen LogP contribution in [0.5, 0.6) is 0 Å². The Balaban J connectivity index is 1.76. The maximum Gasteiger partial charge on any atom is 0.249 e. The summed E-state index contributed by atoms with van der Waals surface area (Å²) in [4.78, 5) is 11.9. The van der Waals surface area contributed by atoms with Crippen molar-refractivity contribution in [1.82, 2.24) is 10.5 Å². The van der Waals surface area contributed by atoms with Gasteiger partial charge in [0, 0.05) is 18.7 Å². The average molecular weight is 267 g/mol. The monoisotopic (exact) mass is 267 g/mol. The Hall–Kier alpha value is -1.40. The third kappa shape index (κ3) is 3.33. The number of nitrogens with two attached hydrogens (primary N) is 1. The molecule has 0 saturated carbocycles. The Kier molecular flexibility index (Phi) is 4.55. The number of hydrogen-bond donors (Lipinski definition) is 2. The largest absolute Gasteiger partial charge is 0.364 e. The lowest BCUT2D eigenvalue weighted by atomic mass is 10.1. The molecule has 6 nitrogen and oxygen atoms in total. The molecule has 0 unspecified atom stereocenters. The molecule has 0 aliphatic carbocycles. The summed E-state index contributed by atoms with van der Waals surface area (Å²) in [7, 11) is 0. The second-order valence-electron chi connectivity index (χ2n) is 4.90. The van der Waals surface area contributed by atoms with E-state index in [4.69, 9.17) is 15.0 Å². The summed E-state index contributed by atoms with van der Waals surface area (Å²) in [5.74, 6) is 0.759. The van der Waals surface area contributed by atoms with Gasteiger partial charge < -0.3 is 20.3 Å². The number of aryl methyl sites for hydroxylation is 2. The van der Waals surface area contributed by atoms with E-state index in [0.717, 1.165) is 36.3 Å². The molecule has 0 aromatic carbocycles. The first-order chi connectivity index (χ1) is 9.11. The van der Waals surface area contributed by atoms with Gasteiger partial charge in [0.25, 0.3) is 0 Å². The SMILES string of the molecule is Cc1noc(C)c1CCNC(=O)[C@@H]1CC[C@H](CN)O1. The zero-order valence-electron chi connectivity index (χ0n) is 11.4. The van der Waals surface area contributed by atoms with Crippen LogP contribution in [0.3, 0.4) is 0 Å². The smallest absolute Gasteiger partial charge is 0.249 e. The molecule has 3 N–H and O–H groups in total. The highest BCUT2D eigenvalue weighted by Gasteiger charge is 2.29. The van der Waals surface area contributed by atoms with E-state index in [9.17, 15) is 4.79 Å². The fraction of sp³-hybridized carbons (Fsp3) is 0.692. The molecule has 106 valence electrons. The number of ether oxygens (including phenoxy) is 1. The molecule has 1 saturated heterocycles. The number of nitrogens with one attached hydrogen (secondary N) is 1. The molecule has 1 aliphatic heterocycles. The van der Waals surface area contributed by atoms with Crippen LogP contribution in [0.15, 0.2) is 4.52 Å². The number of amides is 1. The second-order valence-corrected chi connectivity index (χ2v) is 4.90. The van der Waals surface area contributed by atoms with E-state index in [-0.39, 0.29) is 18.1 Å². The van der Waals surface area contributed by atoms with Crippen LogP contribution in [0, 0.1) is 13.8 Å². The molecule has 1 aromatic rings. The fourth-order valence-electron chi connectivity index (χ4n) is 2.36. The second kappa shape index (κ2) is 6.16. The van der Waals surface area contributed by atoms with Crippen molar-refractivity contribution < 1.29 is 14.1 Å². The van der Waals surface area contributed by atoms with Gasteiger partial charge in [-0.25, -0.2) is 0 Å². The van der Waals surface area contributed by atoms with Crippen molar-refractivity contribution in [3.8, 4) is 0 Å². The number of nitrogens with zero attached hydrogens (tertiary/aromatic N) is 1. The molecular formula is C13H21N3O3. The molecule has 1 amide bonds. The number of aromatic nitrogens is 1. The molecule has 2 atom stereocenters. The number of rotatable bonds is 5. The summed E-state index contributed by atoms with van der Waals surface area (Å²) in [6.07, 6.45) is 2.01. The zero-order chi connectivity index (χ0) is 13.8. The molecular weight excluding hydrogens is 246 g/mol. The summed E-state index contributed by atoms with van der Waals surface area (Å²) in [6.45, 7) is 4.82. The van der Waals surface area contributed by atoms with Gasteiger partial charge in [0.2, 0.25) is 5.91 Å². The van der Waals surface area contributed by atoms with E-state index in [2.05, 4.69) is 10.5 Å². The first kappa shape index (κ1) is 14.0. The van der Waals surface area contributed by atoms with E-state index in [1.165, 1.54) is 0 Å². The fourth-order valence-corrected chi connectivity index (χ4v) is 2.36. The lowest BCUT2D eigenvalue weighted by Crippen LogP contribution is -2.36. The van der Waals surface area contributed by atoms with E-state index in [0.29, 0.717) is 13.1 Å². The third-order valence-electron chi connectivity index (χ3n) is 3.52. The van der Waals surface area contributed by atoms with Gasteiger partial charge in [-0.15, -0.1) is 0 Å². The van der Waals surface area contributed by atoms with Gasteiger partial charge in [0.05, 0.1) is 11.8 Å². The van der Waals surface area contributed by atoms with Crippen LogP contribution in [0.2, 0.25) is 0 Å². The predicted molar refractivity (Wildman–Crippen MR) is 69.6 cm³/mol. The number of carbonyl (C=O) groups excluding carboxylic acids is 1. The van der Waals surface area contributed by atoms with Crippen LogP contribution < -0.4 is 11.1 Å². The normalized spacial score (nSPS) is 22.7. The van der Waals surface area contributed by atoms with E-state index in [1.54, 1.807) is 0 Å². The molecule has 6 heteroatoms. The summed E-state index contributed by atoms with van der Waals surface area (Å²) >= 11 is 0. The Morgan fingerprint density at radius 3 is 2.84 bits per heavy atom. The molecule has 2 rings (SSSR count). The van der Waals surface area contributed by atoms with E-state index >= 15 is 0 Å². The average Bonchev–Trinajstić information content (AvgIpc) is 2.99. The Morgan fingerprint density at radius 1 is 1.47 bits per heavy atom. The first-order valence-electron chi connectivity index (χ1n) is 6.66. The van der Waals surface area contributed by atoms with Crippen LogP contribution >= 0.6 is 0 Å². The van der Waals surface area contributed by atoms with Crippen LogP contribution in [0.25, 0.3) is 0 Å². The third-order valence-corrected chi connectivity index (χ3v) is 3.52. The van der Waals surface area contributed by atoms with Crippen molar-refractivity contribution in [3.05, 3.63) is 17.0 Å². The quantitative estimate of drug-likeness (QED) is 0.808. The van der Waals surface area contributed by atoms with Gasteiger partial charge in [-0.05, 0) is 33.1 Å². The molecule has 0 spiro atoms. The highest BCUT2D eigenvalue weighted by molar-refractivity contribution is 5.81. The van der Waals surface area contributed by atoms with Gasteiger partial charge in [-0.1, -0.05) is 5.16 Å². The maximum absolute atomic E-state index is 11.9. The van der Waals surface area contributed by atoms with Crippen molar-refractivity contribution in [2.45, 2.75) is 45.3 Å². The minimum Gasteiger partial charge on any atom is -0.364 e. The van der Waals surface area contributed by atoms with Crippen LogP contribution in [-0.4, -0.2) is 36.4 Å². The van der Waals surface area contributed by atoms with Gasteiger partial charge >= 0.3 is 0 Å². The van der Waals surface area contributed by atoms with Gasteiger partial charge in [0.15, 0.2) is 0 Å². The number of carbonyl (C=O) groups is 1. The van der Waals surface area contributed by atoms with Crippen LogP contribution in [0.1, 0.15) is 29.9 Å². The van der Waals surface area contributed by atoms with Gasteiger partial charge in [-0.2, -0.15) is 0 Å². The van der Waals surface area contributed by atoms with Crippen LogP contribution in [0.4, 0.5) is 0 Å². The van der Waals surface area contributed by atoms with Crippen molar-refractivity contribution in [2.75, 3.05) is 13.1 Å². The molecule has 1 fully saturated rings. The van der Waals surface area contributed by atoms with Crippen molar-refractivity contribution in [1.29, 1.82) is 0 Å². The van der Waals surface area contributed by atoms with Crippen molar-refractivity contribution >= 4 is 5.91 Å². The Labute approximate surface area is 112 Å². The van der Waals surface area contributed by atoms with Gasteiger partial charge in [0.1, 0.15) is 11.9 Å². The highest BCUT2D eigenvalue weighted by atomic mass is 16.5. The molecule has 1 aliphatic rings. The molecule has 2 heterocycles. The first-order valence-corrected chi connectivity index (χ1v) is 6.66. The highest BCUT2D eigenvalue weighted by Crippen LogP contribution is 2.19. The zero-order valence-corrected chi connectivity index (χ0v) is 11.4. The predicted octanol–water partition coefficient (Wildman–Crippen LogP) is 0.456. The lowest BCUT2D eigenvalue weighted by molar-refractivity contribution is -0.131. The molecule has 0 radical (unpaired) electrons. The summed E-state index contributed by atoms with van der Waals surface area (Å²) < 4.78 is 10.6. The van der Waals surface area contributed by atoms with Crippen molar-refractivity contribution in [3.63, 3.8) is 0 Å². The number of hydrogen-bond acceptors (Lipinski definition) is 5. The standard InChI is InChI=1S/C13H21N3O3/c1-8-11(9(2)19-16-8)5-6-15-13(17)12-4-3-10(7-14)18-12/h10,12H,3-7,14H2,1-2H3,(H,15,17)/t10-,12+/m1/s1.